The summed E-state index contributed by atoms with van der Waals surface area (Å²) < 4.78 is 6.32. The molecule has 0 saturated carbocycles. The van der Waals surface area contributed by atoms with Crippen molar-refractivity contribution in [3.8, 4) is 5.75 Å². The van der Waals surface area contributed by atoms with Crippen LogP contribution in [0.1, 0.15) is 37.7 Å². The topological polar surface area (TPSA) is 67.4 Å². The third-order valence-corrected chi connectivity index (χ3v) is 6.11. The van der Waals surface area contributed by atoms with Crippen LogP contribution in [0.4, 0.5) is 5.69 Å². The molecule has 154 valence electrons. The molecule has 0 spiro atoms. The molecule has 1 atom stereocenters. The first kappa shape index (κ1) is 20.4. The van der Waals surface area contributed by atoms with E-state index in [1.165, 1.54) is 0 Å². The van der Waals surface area contributed by atoms with E-state index in [4.69, 9.17) is 4.74 Å². The van der Waals surface area contributed by atoms with Crippen LogP contribution in [0.3, 0.4) is 0 Å². The normalized spacial score (nSPS) is 18.6. The van der Waals surface area contributed by atoms with Gasteiger partial charge in [0, 0.05) is 39.4 Å². The van der Waals surface area contributed by atoms with Crippen LogP contribution >= 0.6 is 15.9 Å². The van der Waals surface area contributed by atoms with Gasteiger partial charge in [0.05, 0.1) is 12.8 Å². The molecule has 2 N–H and O–H groups in total. The summed E-state index contributed by atoms with van der Waals surface area (Å²) >= 11 is 3.47. The van der Waals surface area contributed by atoms with Gasteiger partial charge in [-0.1, -0.05) is 40.2 Å². The Morgan fingerprint density at radius 2 is 1.87 bits per heavy atom. The van der Waals surface area contributed by atoms with Crippen molar-refractivity contribution in [1.82, 2.24) is 5.32 Å². The van der Waals surface area contributed by atoms with Crippen molar-refractivity contribution in [2.24, 2.45) is 0 Å². The molecule has 4 rings (SSSR count). The third-order valence-electron chi connectivity index (χ3n) is 5.58. The van der Waals surface area contributed by atoms with Crippen molar-refractivity contribution in [2.45, 2.75) is 32.1 Å². The number of hydrogen-bond acceptors (Lipinski definition) is 4. The van der Waals surface area contributed by atoms with E-state index in [9.17, 15) is 9.59 Å². The molecule has 5 nitrogen and oxygen atoms in total. The highest BCUT2D eigenvalue weighted by Crippen LogP contribution is 2.42. The Kier molecular flexibility index (Phi) is 5.77. The molecule has 0 saturated heterocycles. The fourth-order valence-electron chi connectivity index (χ4n) is 4.21. The van der Waals surface area contributed by atoms with Gasteiger partial charge in [0.15, 0.2) is 5.78 Å². The number of allylic oxidation sites excluding steroid dienone is 3. The molecule has 2 aromatic carbocycles. The number of carbonyl (C=O) groups excluding carboxylic acids is 2. The summed E-state index contributed by atoms with van der Waals surface area (Å²) in [7, 11) is 1.57. The van der Waals surface area contributed by atoms with Gasteiger partial charge < -0.3 is 15.4 Å². The van der Waals surface area contributed by atoms with Crippen LogP contribution in [0, 0.1) is 0 Å². The predicted octanol–water partition coefficient (Wildman–Crippen LogP) is 5.06. The van der Waals surface area contributed by atoms with E-state index >= 15 is 0 Å². The summed E-state index contributed by atoms with van der Waals surface area (Å²) in [5, 5.41) is 6.32. The lowest BCUT2D eigenvalue weighted by Crippen LogP contribution is -2.35. The number of benzene rings is 2. The molecule has 0 fully saturated rings. The predicted molar refractivity (Wildman–Crippen MR) is 120 cm³/mol. The number of methoxy groups -OCH3 is 1. The van der Waals surface area contributed by atoms with Crippen molar-refractivity contribution < 1.29 is 14.3 Å². The average Bonchev–Trinajstić information content (AvgIpc) is 2.74. The summed E-state index contributed by atoms with van der Waals surface area (Å²) in [5.41, 5.74) is 4.48. The Morgan fingerprint density at radius 3 is 2.60 bits per heavy atom. The average molecular weight is 467 g/mol. The van der Waals surface area contributed by atoms with E-state index in [-0.39, 0.29) is 11.7 Å². The van der Waals surface area contributed by atoms with E-state index in [0.29, 0.717) is 29.0 Å². The van der Waals surface area contributed by atoms with Gasteiger partial charge in [-0.2, -0.15) is 0 Å². The number of anilines is 1. The van der Waals surface area contributed by atoms with E-state index in [1.807, 2.05) is 43.3 Å². The highest BCUT2D eigenvalue weighted by Gasteiger charge is 2.38. The maximum absolute atomic E-state index is 13.5. The second-order valence-electron chi connectivity index (χ2n) is 7.47. The van der Waals surface area contributed by atoms with Crippen LogP contribution in [0.25, 0.3) is 0 Å². The largest absolute Gasteiger partial charge is 0.495 e. The van der Waals surface area contributed by atoms with Gasteiger partial charge in [0.2, 0.25) is 0 Å². The number of carbonyl (C=O) groups is 2. The molecule has 2 aromatic rings. The molecule has 0 unspecified atom stereocenters. The number of nitrogens with one attached hydrogen (secondary N) is 2. The first-order chi connectivity index (χ1) is 14.5. The van der Waals surface area contributed by atoms with Gasteiger partial charge in [-0.3, -0.25) is 9.59 Å². The van der Waals surface area contributed by atoms with Gasteiger partial charge in [0.1, 0.15) is 5.75 Å². The number of Topliss-reactive ketones (excluding diaryl/α,β-unsaturated/α-hetero) is 1. The van der Waals surface area contributed by atoms with Gasteiger partial charge in [-0.25, -0.2) is 0 Å². The summed E-state index contributed by atoms with van der Waals surface area (Å²) in [5.74, 6) is 0.0349. The van der Waals surface area contributed by atoms with E-state index in [1.54, 1.807) is 19.2 Å². The molecule has 0 bridgehead atoms. The number of ether oxygens (including phenoxy) is 1. The lowest BCUT2D eigenvalue weighted by molar-refractivity contribution is -0.116. The number of para-hydroxylation sites is 2. The van der Waals surface area contributed by atoms with Gasteiger partial charge in [0.25, 0.3) is 5.91 Å². The maximum atomic E-state index is 13.5. The Labute approximate surface area is 184 Å². The fourth-order valence-corrected chi connectivity index (χ4v) is 4.47. The standard InChI is InChI=1S/C24H23BrN2O3/c1-14-21(24(29)27-17-6-3-4-9-20(17)30-2)22(15-10-12-16(25)13-11-15)23-18(26-14)7-5-8-19(23)28/h3-4,6,9-13,22,26H,5,7-8H2,1-2H3,(H,27,29)/t22-/m0/s1. The zero-order valence-corrected chi connectivity index (χ0v) is 18.5. The molecule has 1 aliphatic carbocycles. The number of amides is 1. The molecule has 30 heavy (non-hydrogen) atoms. The van der Waals surface area contributed by atoms with Crippen LogP contribution < -0.4 is 15.4 Å². The molecule has 0 aromatic heterocycles. The summed E-state index contributed by atoms with van der Waals surface area (Å²) in [4.78, 5) is 26.4. The van der Waals surface area contributed by atoms with Gasteiger partial charge in [-0.05, 0) is 49.6 Å². The first-order valence-electron chi connectivity index (χ1n) is 9.93. The van der Waals surface area contributed by atoms with Crippen molar-refractivity contribution >= 4 is 33.3 Å². The monoisotopic (exact) mass is 466 g/mol. The second-order valence-corrected chi connectivity index (χ2v) is 8.39. The Balaban J connectivity index is 1.78. The Hall–Kier alpha value is -2.86. The fraction of sp³-hybridized carbons (Fsp3) is 0.250. The highest BCUT2D eigenvalue weighted by molar-refractivity contribution is 9.10. The molecule has 1 amide bonds. The van der Waals surface area contributed by atoms with E-state index in [2.05, 4.69) is 26.6 Å². The minimum absolute atomic E-state index is 0.103. The SMILES string of the molecule is COc1ccccc1NC(=O)C1=C(C)NC2=C(C(=O)CCC2)[C@H]1c1ccc(Br)cc1. The molecule has 0 radical (unpaired) electrons. The third kappa shape index (κ3) is 3.79. The number of rotatable bonds is 4. The zero-order chi connectivity index (χ0) is 21.3. The number of ketones is 1. The maximum Gasteiger partial charge on any atom is 0.254 e. The molecule has 2 aliphatic rings. The summed E-state index contributed by atoms with van der Waals surface area (Å²) in [6.07, 6.45) is 2.15. The molecule has 1 heterocycles. The van der Waals surface area contributed by atoms with Crippen LogP contribution in [0.5, 0.6) is 5.75 Å². The molecule has 6 heteroatoms. The summed E-state index contributed by atoms with van der Waals surface area (Å²) in [6.45, 7) is 1.89. The van der Waals surface area contributed by atoms with Crippen molar-refractivity contribution in [3.63, 3.8) is 0 Å². The smallest absolute Gasteiger partial charge is 0.254 e. The van der Waals surface area contributed by atoms with Crippen LogP contribution in [0.15, 0.2) is 75.5 Å². The molecular weight excluding hydrogens is 444 g/mol. The lowest BCUT2D eigenvalue weighted by atomic mass is 9.75. The van der Waals surface area contributed by atoms with Crippen LogP contribution in [0.2, 0.25) is 0 Å². The van der Waals surface area contributed by atoms with Crippen molar-refractivity contribution in [1.29, 1.82) is 0 Å². The van der Waals surface area contributed by atoms with Crippen molar-refractivity contribution in [2.75, 3.05) is 12.4 Å². The minimum Gasteiger partial charge on any atom is -0.495 e. The van der Waals surface area contributed by atoms with E-state index < -0.39 is 5.92 Å². The quantitative estimate of drug-likeness (QED) is 0.660. The number of hydrogen-bond donors (Lipinski definition) is 2. The number of halogens is 1. The summed E-state index contributed by atoms with van der Waals surface area (Å²) in [6, 6.07) is 15.1. The highest BCUT2D eigenvalue weighted by atomic mass is 79.9. The Morgan fingerprint density at radius 1 is 1.13 bits per heavy atom. The van der Waals surface area contributed by atoms with Crippen LogP contribution in [-0.4, -0.2) is 18.8 Å². The van der Waals surface area contributed by atoms with Gasteiger partial charge in [-0.15, -0.1) is 0 Å². The first-order valence-corrected chi connectivity index (χ1v) is 10.7. The van der Waals surface area contributed by atoms with Crippen LogP contribution in [-0.2, 0) is 9.59 Å². The molecule has 1 aliphatic heterocycles. The molecular formula is C24H23BrN2O3. The Bertz CT molecular complexity index is 1070. The van der Waals surface area contributed by atoms with E-state index in [0.717, 1.165) is 34.3 Å². The minimum atomic E-state index is -0.406. The second kappa shape index (κ2) is 8.48. The van der Waals surface area contributed by atoms with Gasteiger partial charge >= 0.3 is 0 Å². The number of dihydropyridines is 1. The zero-order valence-electron chi connectivity index (χ0n) is 16.9. The lowest BCUT2D eigenvalue weighted by Gasteiger charge is -2.34. The van der Waals surface area contributed by atoms with Crippen molar-refractivity contribution in [3.05, 3.63) is 81.1 Å².